The molecule has 0 saturated heterocycles. The predicted molar refractivity (Wildman–Crippen MR) is 63.3 cm³/mol. The maximum atomic E-state index is 11.0. The summed E-state index contributed by atoms with van der Waals surface area (Å²) in [6.07, 6.45) is 3.35. The van der Waals surface area contributed by atoms with Gasteiger partial charge in [-0.05, 0) is 25.0 Å². The molecular weight excluding hydrogens is 204 g/mol. The van der Waals surface area contributed by atoms with Crippen LogP contribution in [0.15, 0.2) is 18.2 Å². The fourth-order valence-electron chi connectivity index (χ4n) is 1.40. The Bertz CT molecular complexity index is 419. The highest BCUT2D eigenvalue weighted by Gasteiger charge is 2.09. The molecule has 1 N–H and O–H groups in total. The van der Waals surface area contributed by atoms with Gasteiger partial charge in [-0.2, -0.15) is 0 Å². The zero-order valence-corrected chi connectivity index (χ0v) is 9.78. The molecule has 0 bridgehead atoms. The Labute approximate surface area is 95.4 Å². The van der Waals surface area contributed by atoms with Crippen LogP contribution in [0.5, 0.6) is 5.75 Å². The van der Waals surface area contributed by atoms with Gasteiger partial charge in [0.2, 0.25) is 0 Å². The van der Waals surface area contributed by atoms with Gasteiger partial charge in [-0.25, -0.2) is 0 Å². The molecule has 86 valence electrons. The van der Waals surface area contributed by atoms with Crippen molar-refractivity contribution in [1.82, 2.24) is 0 Å². The minimum Gasteiger partial charge on any atom is -0.426 e. The first-order valence-corrected chi connectivity index (χ1v) is 5.12. The first kappa shape index (κ1) is 12.5. The van der Waals surface area contributed by atoms with E-state index in [1.165, 1.54) is 6.92 Å². The van der Waals surface area contributed by atoms with Gasteiger partial charge in [0.25, 0.3) is 0 Å². The summed E-state index contributed by atoms with van der Waals surface area (Å²) in [5.41, 5.74) is 2.81. The summed E-state index contributed by atoms with van der Waals surface area (Å²) < 4.78 is 5.18. The second-order valence-corrected chi connectivity index (χ2v) is 3.60. The molecule has 0 aliphatic rings. The van der Waals surface area contributed by atoms with Crippen LogP contribution in [-0.2, 0) is 4.79 Å². The van der Waals surface area contributed by atoms with Crippen molar-refractivity contribution < 1.29 is 14.6 Å². The quantitative estimate of drug-likeness (QED) is 0.627. The number of hydrogen-bond acceptors (Lipinski definition) is 3. The third-order valence-electron chi connectivity index (χ3n) is 2.36. The maximum absolute atomic E-state index is 11.0. The second kappa shape index (κ2) is 5.47. The van der Waals surface area contributed by atoms with E-state index in [9.17, 15) is 4.79 Å². The zero-order chi connectivity index (χ0) is 12.1. The normalized spacial score (nSPS) is 10.8. The molecule has 0 spiro atoms. The molecule has 0 radical (unpaired) electrons. The van der Waals surface area contributed by atoms with Gasteiger partial charge in [0, 0.05) is 12.5 Å². The lowest BCUT2D eigenvalue weighted by molar-refractivity contribution is -0.131. The largest absolute Gasteiger partial charge is 0.426 e. The highest BCUT2D eigenvalue weighted by atomic mass is 16.5. The third-order valence-corrected chi connectivity index (χ3v) is 2.36. The first-order chi connectivity index (χ1) is 7.56. The van der Waals surface area contributed by atoms with Crippen LogP contribution in [0.1, 0.15) is 23.6 Å². The third kappa shape index (κ3) is 2.94. The summed E-state index contributed by atoms with van der Waals surface area (Å²) >= 11 is 0. The van der Waals surface area contributed by atoms with Gasteiger partial charge in [-0.3, -0.25) is 4.79 Å². The molecule has 0 saturated carbocycles. The van der Waals surface area contributed by atoms with Gasteiger partial charge in [0.1, 0.15) is 5.75 Å². The van der Waals surface area contributed by atoms with Crippen LogP contribution in [0.2, 0.25) is 0 Å². The standard InChI is InChI=1S/C13H16O3/c1-9-6-7-12(5-4-8-14)13(10(9)2)16-11(3)15/h4-7,14H,8H2,1-3H3/b5-4-. The molecule has 0 fully saturated rings. The van der Waals surface area contributed by atoms with Crippen molar-refractivity contribution in [2.45, 2.75) is 20.8 Å². The fraction of sp³-hybridized carbons (Fsp3) is 0.308. The molecule has 0 heterocycles. The van der Waals surface area contributed by atoms with Crippen LogP contribution >= 0.6 is 0 Å². The predicted octanol–water partition coefficient (Wildman–Crippen LogP) is 2.23. The molecule has 1 aromatic rings. The molecular formula is C13H16O3. The Balaban J connectivity index is 3.21. The molecule has 0 aromatic heterocycles. The number of carbonyl (C=O) groups is 1. The number of ether oxygens (including phenoxy) is 1. The van der Waals surface area contributed by atoms with Crippen molar-refractivity contribution in [3.05, 3.63) is 34.9 Å². The van der Waals surface area contributed by atoms with E-state index in [0.717, 1.165) is 16.7 Å². The summed E-state index contributed by atoms with van der Waals surface area (Å²) in [7, 11) is 0. The van der Waals surface area contributed by atoms with E-state index in [4.69, 9.17) is 9.84 Å². The summed E-state index contributed by atoms with van der Waals surface area (Å²) in [5, 5.41) is 8.73. The Morgan fingerprint density at radius 3 is 2.69 bits per heavy atom. The summed E-state index contributed by atoms with van der Waals surface area (Å²) in [6, 6.07) is 3.83. The van der Waals surface area contributed by atoms with Gasteiger partial charge in [0.05, 0.1) is 6.61 Å². The van der Waals surface area contributed by atoms with Crippen molar-refractivity contribution in [3.8, 4) is 5.75 Å². The lowest BCUT2D eigenvalue weighted by atomic mass is 10.0. The van der Waals surface area contributed by atoms with E-state index >= 15 is 0 Å². The monoisotopic (exact) mass is 220 g/mol. The van der Waals surface area contributed by atoms with Gasteiger partial charge in [0.15, 0.2) is 0 Å². The molecule has 1 aromatic carbocycles. The molecule has 0 atom stereocenters. The number of carbonyl (C=O) groups excluding carboxylic acids is 1. The fourth-order valence-corrected chi connectivity index (χ4v) is 1.40. The molecule has 0 aliphatic carbocycles. The van der Waals surface area contributed by atoms with Crippen LogP contribution < -0.4 is 4.74 Å². The average molecular weight is 220 g/mol. The first-order valence-electron chi connectivity index (χ1n) is 5.12. The molecule has 16 heavy (non-hydrogen) atoms. The van der Waals surface area contributed by atoms with Crippen molar-refractivity contribution in [2.75, 3.05) is 6.61 Å². The highest BCUT2D eigenvalue weighted by molar-refractivity contribution is 5.73. The zero-order valence-electron chi connectivity index (χ0n) is 9.78. The van der Waals surface area contributed by atoms with Crippen molar-refractivity contribution >= 4 is 12.0 Å². The van der Waals surface area contributed by atoms with E-state index < -0.39 is 0 Å². The van der Waals surface area contributed by atoms with E-state index in [1.807, 2.05) is 26.0 Å². The number of aliphatic hydroxyl groups excluding tert-OH is 1. The van der Waals surface area contributed by atoms with E-state index in [0.29, 0.717) is 5.75 Å². The van der Waals surface area contributed by atoms with Gasteiger partial charge in [-0.15, -0.1) is 0 Å². The van der Waals surface area contributed by atoms with Crippen molar-refractivity contribution in [2.24, 2.45) is 0 Å². The van der Waals surface area contributed by atoms with E-state index in [-0.39, 0.29) is 12.6 Å². The van der Waals surface area contributed by atoms with Crippen LogP contribution in [0.4, 0.5) is 0 Å². The Morgan fingerprint density at radius 1 is 1.44 bits per heavy atom. The minimum atomic E-state index is -0.340. The number of esters is 1. The van der Waals surface area contributed by atoms with Crippen LogP contribution in [-0.4, -0.2) is 17.7 Å². The lowest BCUT2D eigenvalue weighted by Crippen LogP contribution is -2.05. The van der Waals surface area contributed by atoms with Crippen LogP contribution in [0, 0.1) is 13.8 Å². The maximum Gasteiger partial charge on any atom is 0.308 e. The van der Waals surface area contributed by atoms with Gasteiger partial charge < -0.3 is 9.84 Å². The molecule has 3 nitrogen and oxygen atoms in total. The summed E-state index contributed by atoms with van der Waals surface area (Å²) in [4.78, 5) is 11.0. The van der Waals surface area contributed by atoms with Crippen LogP contribution in [0.3, 0.4) is 0 Å². The molecule has 3 heteroatoms. The number of rotatable bonds is 3. The smallest absolute Gasteiger partial charge is 0.308 e. The topological polar surface area (TPSA) is 46.5 Å². The summed E-state index contributed by atoms with van der Waals surface area (Å²) in [5.74, 6) is 0.226. The van der Waals surface area contributed by atoms with Gasteiger partial charge in [-0.1, -0.05) is 24.3 Å². The number of aryl methyl sites for hydroxylation is 1. The Morgan fingerprint density at radius 2 is 2.12 bits per heavy atom. The summed E-state index contributed by atoms with van der Waals surface area (Å²) in [6.45, 7) is 5.21. The van der Waals surface area contributed by atoms with E-state index in [1.54, 1.807) is 12.2 Å². The minimum absolute atomic E-state index is 0.0353. The van der Waals surface area contributed by atoms with Crippen molar-refractivity contribution in [1.29, 1.82) is 0 Å². The lowest BCUT2D eigenvalue weighted by Gasteiger charge is -2.11. The Hall–Kier alpha value is -1.61. The average Bonchev–Trinajstić information content (AvgIpc) is 2.23. The Kier molecular flexibility index (Phi) is 4.26. The molecule has 1 rings (SSSR count). The molecule has 0 amide bonds. The number of benzene rings is 1. The second-order valence-electron chi connectivity index (χ2n) is 3.60. The SMILES string of the molecule is CC(=O)Oc1c(/C=C\CO)ccc(C)c1C. The van der Waals surface area contributed by atoms with Crippen molar-refractivity contribution in [3.63, 3.8) is 0 Å². The number of aliphatic hydroxyl groups is 1. The number of hydrogen-bond donors (Lipinski definition) is 1. The van der Waals surface area contributed by atoms with Crippen LogP contribution in [0.25, 0.3) is 6.08 Å². The van der Waals surface area contributed by atoms with Gasteiger partial charge >= 0.3 is 5.97 Å². The highest BCUT2D eigenvalue weighted by Crippen LogP contribution is 2.27. The molecule has 0 aliphatic heterocycles. The molecule has 0 unspecified atom stereocenters. The van der Waals surface area contributed by atoms with E-state index in [2.05, 4.69) is 0 Å².